The Bertz CT molecular complexity index is 1360. The number of benzene rings is 1. The molecule has 3 heterocycles. The molecule has 0 aliphatic carbocycles. The minimum atomic E-state index is -3.88. The molecule has 2 amide bonds. The fourth-order valence-electron chi connectivity index (χ4n) is 4.40. The normalized spacial score (nSPS) is 18.2. The zero-order chi connectivity index (χ0) is 27.3. The summed E-state index contributed by atoms with van der Waals surface area (Å²) < 4.78 is 50.4. The Morgan fingerprint density at radius 3 is 2.49 bits per heavy atom. The van der Waals surface area contributed by atoms with Crippen LogP contribution in [0, 0.1) is 5.82 Å². The summed E-state index contributed by atoms with van der Waals surface area (Å²) in [5.41, 5.74) is -0.451. The molecule has 0 radical (unpaired) electrons. The van der Waals surface area contributed by atoms with Crippen LogP contribution in [0.1, 0.15) is 43.7 Å². The lowest BCUT2D eigenvalue weighted by atomic mass is 10.1. The van der Waals surface area contributed by atoms with Crippen molar-refractivity contribution >= 4 is 33.3 Å². The molecule has 37 heavy (non-hydrogen) atoms. The second kappa shape index (κ2) is 9.43. The third-order valence-electron chi connectivity index (χ3n) is 6.05. The molecule has 0 unspecified atom stereocenters. The summed E-state index contributed by atoms with van der Waals surface area (Å²) in [6.07, 6.45) is 0.510. The van der Waals surface area contributed by atoms with E-state index in [4.69, 9.17) is 9.47 Å². The molecule has 0 N–H and O–H groups in total. The number of nitrogens with zero attached hydrogens (tertiary/aromatic N) is 5. The van der Waals surface area contributed by atoms with Gasteiger partial charge in [-0.3, -0.25) is 9.69 Å². The summed E-state index contributed by atoms with van der Waals surface area (Å²) in [5.74, 6) is -0.920. The van der Waals surface area contributed by atoms with E-state index in [9.17, 15) is 22.4 Å². The zero-order valence-corrected chi connectivity index (χ0v) is 22.4. The average molecular weight is 536 g/mol. The van der Waals surface area contributed by atoms with Crippen LogP contribution in [0.15, 0.2) is 23.4 Å². The number of ether oxygens (including phenoxy) is 2. The minimum absolute atomic E-state index is 0.0670. The monoisotopic (exact) mass is 535 g/mol. The van der Waals surface area contributed by atoms with E-state index in [0.717, 1.165) is 6.26 Å². The molecule has 1 aromatic heterocycles. The molecule has 0 bridgehead atoms. The highest BCUT2D eigenvalue weighted by Crippen LogP contribution is 2.39. The van der Waals surface area contributed by atoms with Crippen molar-refractivity contribution in [3.8, 4) is 5.75 Å². The first-order valence-corrected chi connectivity index (χ1v) is 13.6. The number of aromatic nitrogens is 2. The molecule has 200 valence electrons. The first-order chi connectivity index (χ1) is 17.2. The topological polar surface area (TPSA) is 122 Å². The molecule has 0 spiro atoms. The van der Waals surface area contributed by atoms with Crippen molar-refractivity contribution in [2.75, 3.05) is 42.8 Å². The predicted octanol–water partition coefficient (Wildman–Crippen LogP) is 2.63. The number of sulfone groups is 1. The lowest BCUT2D eigenvalue weighted by molar-refractivity contribution is 0.0218. The highest BCUT2D eigenvalue weighted by atomic mass is 32.2. The smallest absolute Gasteiger partial charge is 0.410 e. The van der Waals surface area contributed by atoms with E-state index in [1.54, 1.807) is 25.7 Å². The number of carbonyl (C=O) groups is 2. The van der Waals surface area contributed by atoms with E-state index >= 15 is 0 Å². The number of para-hydroxylation sites is 1. The standard InChI is InChI=1S/C24H30FN5O6S/c1-14-12-28(23(32)36-24(2,3)4)10-11-29(14)20-15-13-30(19-16(25)8-7-9-17(19)35-5)21(31)18(15)26-22(27-20)37(6,33)34/h7-9,14H,10-13H2,1-6H3/t14-/m0/s1. The third-order valence-corrected chi connectivity index (χ3v) is 6.90. The van der Waals surface area contributed by atoms with Crippen LogP contribution in [0.2, 0.25) is 0 Å². The van der Waals surface area contributed by atoms with Gasteiger partial charge < -0.3 is 19.3 Å². The highest BCUT2D eigenvalue weighted by molar-refractivity contribution is 7.90. The summed E-state index contributed by atoms with van der Waals surface area (Å²) in [5, 5.41) is -0.501. The SMILES string of the molecule is COc1cccc(F)c1N1Cc2c(nc(S(C)(=O)=O)nc2N2CCN(C(=O)OC(C)(C)C)C[C@@H]2C)C1=O. The first kappa shape index (κ1) is 26.6. The Balaban J connectivity index is 1.73. The van der Waals surface area contributed by atoms with Crippen LogP contribution in [-0.4, -0.2) is 79.9 Å². The van der Waals surface area contributed by atoms with Crippen LogP contribution in [0.5, 0.6) is 5.75 Å². The van der Waals surface area contributed by atoms with Crippen LogP contribution < -0.4 is 14.5 Å². The molecule has 0 saturated carbocycles. The Morgan fingerprint density at radius 1 is 1.19 bits per heavy atom. The summed E-state index contributed by atoms with van der Waals surface area (Å²) in [6.45, 7) is 8.04. The lowest BCUT2D eigenvalue weighted by Crippen LogP contribution is -2.55. The first-order valence-electron chi connectivity index (χ1n) is 11.7. The number of methoxy groups -OCH3 is 1. The number of fused-ring (bicyclic) bond motifs is 1. The maximum atomic E-state index is 14.8. The number of amides is 2. The van der Waals surface area contributed by atoms with Gasteiger partial charge in [-0.15, -0.1) is 0 Å². The van der Waals surface area contributed by atoms with Crippen LogP contribution in [0.4, 0.5) is 20.7 Å². The largest absolute Gasteiger partial charge is 0.494 e. The summed E-state index contributed by atoms with van der Waals surface area (Å²) in [4.78, 5) is 39.0. The second-order valence-corrected chi connectivity index (χ2v) is 12.0. The van der Waals surface area contributed by atoms with Gasteiger partial charge in [-0.2, -0.15) is 0 Å². The lowest BCUT2D eigenvalue weighted by Gasteiger charge is -2.41. The maximum absolute atomic E-state index is 14.8. The Labute approximate surface area is 215 Å². The van der Waals surface area contributed by atoms with Crippen LogP contribution in [0.3, 0.4) is 0 Å². The van der Waals surface area contributed by atoms with Gasteiger partial charge in [0.05, 0.1) is 13.7 Å². The van der Waals surface area contributed by atoms with Gasteiger partial charge >= 0.3 is 6.09 Å². The quantitative estimate of drug-likeness (QED) is 0.544. The van der Waals surface area contributed by atoms with E-state index in [1.807, 2.05) is 11.8 Å². The number of halogens is 1. The Hall–Kier alpha value is -3.48. The van der Waals surface area contributed by atoms with Gasteiger partial charge in [0.25, 0.3) is 5.91 Å². The fraction of sp³-hybridized carbons (Fsp3) is 0.500. The van der Waals surface area contributed by atoms with E-state index in [0.29, 0.717) is 25.2 Å². The van der Waals surface area contributed by atoms with Crippen molar-refractivity contribution in [1.82, 2.24) is 14.9 Å². The highest BCUT2D eigenvalue weighted by Gasteiger charge is 2.40. The van der Waals surface area contributed by atoms with Crippen molar-refractivity contribution in [3.05, 3.63) is 35.3 Å². The molecule has 1 fully saturated rings. The van der Waals surface area contributed by atoms with Crippen LogP contribution in [-0.2, 0) is 21.1 Å². The molecule has 2 aromatic rings. The van der Waals surface area contributed by atoms with Crippen molar-refractivity contribution in [1.29, 1.82) is 0 Å². The number of carbonyl (C=O) groups excluding carboxylic acids is 2. The molecule has 1 atom stereocenters. The van der Waals surface area contributed by atoms with Gasteiger partial charge in [-0.1, -0.05) is 6.07 Å². The van der Waals surface area contributed by atoms with Crippen molar-refractivity contribution in [2.24, 2.45) is 0 Å². The molecule has 11 nitrogen and oxygen atoms in total. The van der Waals surface area contributed by atoms with Crippen LogP contribution in [0.25, 0.3) is 0 Å². The summed E-state index contributed by atoms with van der Waals surface area (Å²) >= 11 is 0. The molecular formula is C24H30FN5O6S. The van der Waals surface area contributed by atoms with Crippen molar-refractivity contribution in [2.45, 2.75) is 51.0 Å². The molecular weight excluding hydrogens is 505 g/mol. The van der Waals surface area contributed by atoms with E-state index < -0.39 is 38.4 Å². The van der Waals surface area contributed by atoms with Crippen LogP contribution >= 0.6 is 0 Å². The number of hydrogen-bond acceptors (Lipinski definition) is 9. The fourth-order valence-corrected chi connectivity index (χ4v) is 4.91. The van der Waals surface area contributed by atoms with Gasteiger partial charge in [-0.25, -0.2) is 27.6 Å². The van der Waals surface area contributed by atoms with Gasteiger partial charge in [0, 0.05) is 37.5 Å². The Kier molecular flexibility index (Phi) is 6.78. The predicted molar refractivity (Wildman–Crippen MR) is 133 cm³/mol. The second-order valence-electron chi connectivity index (χ2n) is 10.1. The van der Waals surface area contributed by atoms with Crippen molar-refractivity contribution in [3.63, 3.8) is 0 Å². The molecule has 4 rings (SSSR count). The molecule has 1 saturated heterocycles. The van der Waals surface area contributed by atoms with Gasteiger partial charge in [-0.05, 0) is 39.8 Å². The number of anilines is 2. The summed E-state index contributed by atoms with van der Waals surface area (Å²) in [7, 11) is -2.51. The maximum Gasteiger partial charge on any atom is 0.410 e. The summed E-state index contributed by atoms with van der Waals surface area (Å²) in [6, 6.07) is 3.91. The third kappa shape index (κ3) is 5.17. The van der Waals surface area contributed by atoms with E-state index in [2.05, 4.69) is 9.97 Å². The average Bonchev–Trinajstić information content (AvgIpc) is 3.12. The van der Waals surface area contributed by atoms with E-state index in [1.165, 1.54) is 30.2 Å². The van der Waals surface area contributed by atoms with Gasteiger partial charge in [0.2, 0.25) is 15.0 Å². The minimum Gasteiger partial charge on any atom is -0.494 e. The molecule has 2 aliphatic rings. The number of piperazine rings is 1. The van der Waals surface area contributed by atoms with Gasteiger partial charge in [0.15, 0.2) is 5.82 Å². The van der Waals surface area contributed by atoms with E-state index in [-0.39, 0.29) is 35.5 Å². The van der Waals surface area contributed by atoms with Crippen molar-refractivity contribution < 1.29 is 31.9 Å². The number of hydrogen-bond donors (Lipinski definition) is 0. The zero-order valence-electron chi connectivity index (χ0n) is 21.6. The van der Waals surface area contributed by atoms with Gasteiger partial charge in [0.1, 0.15) is 28.5 Å². The molecule has 2 aliphatic heterocycles. The molecule has 13 heteroatoms. The molecule has 1 aromatic carbocycles. The Morgan fingerprint density at radius 2 is 1.89 bits per heavy atom. The number of rotatable bonds is 4.